The molecule has 4 aromatic rings. The molecule has 22 N–H and O–H groups in total. The number of nitrogens with two attached hydrogens (primary N) is 7. The monoisotopic (exact) mass is 1490 g/mol. The SMILES string of the molecule is CCCC[C@H]1NC(=O)[C@H](Cc2ccc(F)cc2)NC(=O)[C@H](CCCN=C(N)N)NC(=O)[C@@H](Cc2ccc3ccccc3c2)NC(=O)[C@H](CCCN=C(N)N)NC(=O)[C@H](CCCN=C(N)N)NC(=O)[C@H](CCC(N)=O)NC(=O)C[C@@H](CCc2ccccc2)NC(=O)[C@@H]2CCCCN2C(=O)C(=O)C(C)(C)COC1=O. The summed E-state index contributed by atoms with van der Waals surface area (Å²) in [5.74, 6) is -12.6. The topological polar surface area (TPSA) is 533 Å². The van der Waals surface area contributed by atoms with Crippen LogP contribution < -0.4 is 82.7 Å². The van der Waals surface area contributed by atoms with Crippen molar-refractivity contribution in [1.29, 1.82) is 0 Å². The summed E-state index contributed by atoms with van der Waals surface area (Å²) >= 11 is 0. The van der Waals surface area contributed by atoms with Crippen LogP contribution in [0.1, 0.15) is 140 Å². The number of rotatable bonds is 25. The third kappa shape index (κ3) is 28.6. The Balaban J connectivity index is 1.49. The molecule has 0 unspecified atom stereocenters. The first kappa shape index (κ1) is 84.7. The van der Waals surface area contributed by atoms with Gasteiger partial charge in [-0.3, -0.25) is 67.7 Å². The summed E-state index contributed by atoms with van der Waals surface area (Å²) in [7, 11) is 0. The number of nitrogens with zero attached hydrogens (tertiary/aromatic N) is 4. The number of ketones is 1. The number of carbonyl (C=O) groups excluding carboxylic acids is 12. The third-order valence-corrected chi connectivity index (χ3v) is 18.2. The van der Waals surface area contributed by atoms with Gasteiger partial charge in [0, 0.05) is 57.9 Å². The van der Waals surface area contributed by atoms with Gasteiger partial charge in [-0.25, -0.2) is 9.18 Å². The number of hydrogen-bond donors (Lipinski definition) is 15. The molecule has 32 nitrogen and oxygen atoms in total. The molecule has 10 amide bonds. The Hall–Kier alpha value is -11.3. The molecule has 0 aliphatic carbocycles. The van der Waals surface area contributed by atoms with Gasteiger partial charge in [0.1, 0.15) is 60.8 Å². The number of halogens is 1. The van der Waals surface area contributed by atoms with Crippen molar-refractivity contribution in [3.63, 3.8) is 0 Å². The second kappa shape index (κ2) is 42.6. The molecule has 580 valence electrons. The Kier molecular flexibility index (Phi) is 33.7. The number of unbranched alkanes of at least 4 members (excludes halogenated alkanes) is 1. The predicted molar refractivity (Wildman–Crippen MR) is 399 cm³/mol. The number of cyclic esters (lactones) is 1. The molecule has 0 saturated carbocycles. The Morgan fingerprint density at radius 1 is 0.505 bits per heavy atom. The number of fused-ring (bicyclic) bond motifs is 2. The van der Waals surface area contributed by atoms with Crippen LogP contribution in [0.25, 0.3) is 10.8 Å². The normalized spacial score (nSPS) is 22.3. The predicted octanol–water partition coefficient (Wildman–Crippen LogP) is -0.185. The van der Waals surface area contributed by atoms with Crippen molar-refractivity contribution in [1.82, 2.24) is 47.4 Å². The van der Waals surface area contributed by atoms with Gasteiger partial charge in [-0.05, 0) is 137 Å². The van der Waals surface area contributed by atoms with Gasteiger partial charge in [0.05, 0.1) is 5.41 Å². The van der Waals surface area contributed by atoms with E-state index < -0.39 is 156 Å². The summed E-state index contributed by atoms with van der Waals surface area (Å²) in [5.41, 5.74) is 39.6. The Morgan fingerprint density at radius 2 is 0.972 bits per heavy atom. The number of guanidine groups is 3. The van der Waals surface area contributed by atoms with E-state index in [-0.39, 0.29) is 121 Å². The number of aliphatic imine (C=N–C) groups is 3. The van der Waals surface area contributed by atoms with E-state index in [0.717, 1.165) is 33.4 Å². The van der Waals surface area contributed by atoms with Crippen molar-refractivity contribution in [2.75, 3.05) is 32.8 Å². The number of primary amides is 1. The molecule has 0 spiro atoms. The van der Waals surface area contributed by atoms with Crippen LogP contribution in [0.4, 0.5) is 4.39 Å². The molecule has 2 aliphatic heterocycles. The Labute approximate surface area is 621 Å². The maximum absolute atomic E-state index is 15.3. The van der Waals surface area contributed by atoms with E-state index in [0.29, 0.717) is 43.2 Å². The van der Waals surface area contributed by atoms with Crippen molar-refractivity contribution in [2.45, 2.75) is 197 Å². The van der Waals surface area contributed by atoms with Crippen molar-refractivity contribution < 1.29 is 66.7 Å². The molecule has 9 atom stereocenters. The lowest BCUT2D eigenvalue weighted by molar-refractivity contribution is -0.159. The van der Waals surface area contributed by atoms with Gasteiger partial charge < -0.3 is 92.3 Å². The fourth-order valence-corrected chi connectivity index (χ4v) is 12.3. The number of Topliss-reactive ketones (excluding diaryl/α,β-unsaturated/α-hetero) is 1. The zero-order valence-corrected chi connectivity index (χ0v) is 60.9. The van der Waals surface area contributed by atoms with Crippen LogP contribution in [0.3, 0.4) is 0 Å². The van der Waals surface area contributed by atoms with Gasteiger partial charge in [0.2, 0.25) is 58.9 Å². The number of amides is 10. The lowest BCUT2D eigenvalue weighted by atomic mass is 9.87. The van der Waals surface area contributed by atoms with Crippen LogP contribution in [0.2, 0.25) is 0 Å². The summed E-state index contributed by atoms with van der Waals surface area (Å²) < 4.78 is 20.2. The number of nitrogens with one attached hydrogen (secondary N) is 8. The molecule has 0 radical (unpaired) electrons. The summed E-state index contributed by atoms with van der Waals surface area (Å²) in [5, 5.41) is 23.5. The number of esters is 1. The second-order valence-corrected chi connectivity index (χ2v) is 27.5. The molecule has 2 heterocycles. The van der Waals surface area contributed by atoms with E-state index in [9.17, 15) is 42.7 Å². The highest BCUT2D eigenvalue weighted by Crippen LogP contribution is 2.26. The fourth-order valence-electron chi connectivity index (χ4n) is 12.3. The van der Waals surface area contributed by atoms with Crippen LogP contribution in [0.5, 0.6) is 0 Å². The molecule has 2 aliphatic rings. The molecular weight excluding hydrogens is 1380 g/mol. The number of ether oxygens (including phenoxy) is 1. The maximum atomic E-state index is 15.3. The van der Waals surface area contributed by atoms with Crippen LogP contribution in [0, 0.1) is 11.2 Å². The summed E-state index contributed by atoms with van der Waals surface area (Å²) in [6.07, 6.45) is -0.0421. The Morgan fingerprint density at radius 3 is 1.50 bits per heavy atom. The van der Waals surface area contributed by atoms with Crippen molar-refractivity contribution >= 4 is 99.5 Å². The standard InChI is InChI=1S/C74H104FN19O13/c1-4-5-20-55-70(106)107-43-74(2,3)61(97)69(105)94-38-12-11-24-58(94)68(104)86-50(32-28-44-16-7-6-8-17-44)42-60(96)87-54(33-34-59(76)95)65(101)89-51(21-13-35-83-71(77)78)62(98)88-52(22-14-36-84-72(79)80)63(99)93-57(41-46-25-29-47-18-9-10-19-48(47)39-46)66(102)90-53(23-15-37-85-73(81)82)64(100)92-56(67(103)91-55)40-45-26-30-49(75)31-27-45/h6-10,16-19,25-27,29-31,39,50-58H,4-5,11-15,20-24,28,32-38,40-43H2,1-3H3,(H2,76,95)(H,86,104)(H,87,96)(H,88,98)(H,89,101)(H,90,102)(H,91,103)(H,92,100)(H,93,99)(H4,77,78,83)(H4,79,80,84)(H4,81,82,85)/t50-,51+,52+,53+,54+,55-,56+,57-,58+/m1/s1. The fraction of sp³-hybridized carbons (Fsp3) is 0.500. The van der Waals surface area contributed by atoms with Crippen LogP contribution >= 0.6 is 0 Å². The molecule has 107 heavy (non-hydrogen) atoms. The van der Waals surface area contributed by atoms with E-state index in [2.05, 4.69) is 57.5 Å². The minimum absolute atomic E-state index is 0.00900. The van der Waals surface area contributed by atoms with Crippen molar-refractivity contribution in [3.8, 4) is 0 Å². The number of aryl methyl sites for hydroxylation is 1. The number of benzene rings is 4. The summed E-state index contributed by atoms with van der Waals surface area (Å²) in [6, 6.07) is 13.8. The van der Waals surface area contributed by atoms with Gasteiger partial charge in [0.15, 0.2) is 17.9 Å². The molecular formula is C74H104FN19O13. The highest BCUT2D eigenvalue weighted by Gasteiger charge is 2.43. The van der Waals surface area contributed by atoms with E-state index >= 15 is 19.2 Å². The molecule has 0 bridgehead atoms. The van der Waals surface area contributed by atoms with Gasteiger partial charge in [0.25, 0.3) is 5.91 Å². The third-order valence-electron chi connectivity index (χ3n) is 18.2. The minimum Gasteiger partial charge on any atom is -0.463 e. The first-order chi connectivity index (χ1) is 51.0. The van der Waals surface area contributed by atoms with Gasteiger partial charge in [-0.15, -0.1) is 0 Å². The highest BCUT2D eigenvalue weighted by molar-refractivity contribution is 6.38. The molecule has 2 saturated heterocycles. The lowest BCUT2D eigenvalue weighted by Crippen LogP contribution is -2.60. The minimum atomic E-state index is -1.73. The number of hydrogen-bond acceptors (Lipinski definition) is 16. The highest BCUT2D eigenvalue weighted by atomic mass is 19.1. The lowest BCUT2D eigenvalue weighted by Gasteiger charge is -2.36. The zero-order valence-electron chi connectivity index (χ0n) is 60.9. The molecule has 2 fully saturated rings. The number of carbonyl (C=O) groups is 12. The van der Waals surface area contributed by atoms with Gasteiger partial charge in [-0.1, -0.05) is 105 Å². The van der Waals surface area contributed by atoms with Crippen LogP contribution in [0.15, 0.2) is 112 Å². The Bertz CT molecular complexity index is 3830. The maximum Gasteiger partial charge on any atom is 0.328 e. The average molecular weight is 1490 g/mol. The molecule has 33 heteroatoms. The van der Waals surface area contributed by atoms with Crippen LogP contribution in [-0.2, 0) is 81.5 Å². The smallest absolute Gasteiger partial charge is 0.328 e. The largest absolute Gasteiger partial charge is 0.463 e. The quantitative estimate of drug-likeness (QED) is 0.0134. The summed E-state index contributed by atoms with van der Waals surface area (Å²) in [4.78, 5) is 189. The number of piperidine rings is 1. The van der Waals surface area contributed by atoms with Crippen molar-refractivity contribution in [2.24, 2.45) is 60.5 Å². The van der Waals surface area contributed by atoms with E-state index in [4.69, 9.17) is 44.9 Å². The van der Waals surface area contributed by atoms with Crippen LogP contribution in [-0.4, -0.2) is 181 Å². The van der Waals surface area contributed by atoms with E-state index in [1.54, 1.807) is 24.3 Å². The first-order valence-corrected chi connectivity index (χ1v) is 36.1. The molecule has 4 aromatic carbocycles. The molecule has 6 rings (SSSR count). The summed E-state index contributed by atoms with van der Waals surface area (Å²) in [6.45, 7) is 3.72. The average Bonchev–Trinajstić information content (AvgIpc) is 0.813. The zero-order chi connectivity index (χ0) is 78.2. The second-order valence-electron chi connectivity index (χ2n) is 27.5. The van der Waals surface area contributed by atoms with Gasteiger partial charge in [-0.2, -0.15) is 0 Å². The van der Waals surface area contributed by atoms with Gasteiger partial charge >= 0.3 is 5.97 Å². The molecule has 0 aromatic heterocycles. The van der Waals surface area contributed by atoms with E-state index in [1.165, 1.54) is 26.0 Å². The van der Waals surface area contributed by atoms with E-state index in [1.807, 2.05) is 55.5 Å². The first-order valence-electron chi connectivity index (χ1n) is 36.1. The van der Waals surface area contributed by atoms with Crippen molar-refractivity contribution in [3.05, 3.63) is 120 Å².